The molecule has 5 heteroatoms. The number of cyclic esters (lactones) is 1. The Morgan fingerprint density at radius 1 is 1.23 bits per heavy atom. The van der Waals surface area contributed by atoms with E-state index in [1.165, 1.54) is 0 Å². The lowest BCUT2D eigenvalue weighted by molar-refractivity contribution is -0.221. The molecule has 1 saturated heterocycles. The maximum atomic E-state index is 12.2. The summed E-state index contributed by atoms with van der Waals surface area (Å²) < 4.78 is 7.34. The van der Waals surface area contributed by atoms with Crippen LogP contribution >= 0.6 is 0 Å². The number of hydrogen-bond acceptors (Lipinski definition) is 4. The Morgan fingerprint density at radius 3 is 2.50 bits per heavy atom. The Kier molecular flexibility index (Phi) is 3.76. The Labute approximate surface area is 129 Å². The van der Waals surface area contributed by atoms with Gasteiger partial charge in [-0.2, -0.15) is 5.06 Å². The Morgan fingerprint density at radius 2 is 1.91 bits per heavy atom. The molecule has 1 aromatic carbocycles. The van der Waals surface area contributed by atoms with Gasteiger partial charge in [0.2, 0.25) is 0 Å². The predicted molar refractivity (Wildman–Crippen MR) is 81.4 cm³/mol. The lowest BCUT2D eigenvalue weighted by atomic mass is 10.00. The van der Waals surface area contributed by atoms with Crippen molar-refractivity contribution in [1.82, 2.24) is 9.63 Å². The quantitative estimate of drug-likeness (QED) is 0.866. The van der Waals surface area contributed by atoms with E-state index in [-0.39, 0.29) is 12.6 Å². The van der Waals surface area contributed by atoms with Crippen molar-refractivity contribution in [3.63, 3.8) is 0 Å². The zero-order valence-electron chi connectivity index (χ0n) is 13.0. The molecule has 0 saturated carbocycles. The van der Waals surface area contributed by atoms with E-state index in [4.69, 9.17) is 4.74 Å². The fourth-order valence-corrected chi connectivity index (χ4v) is 2.96. The second kappa shape index (κ2) is 5.59. The topological polar surface area (TPSA) is 54.7 Å². The molecular weight excluding hydrogens is 280 g/mol. The van der Waals surface area contributed by atoms with Gasteiger partial charge in [-0.3, -0.25) is 0 Å². The van der Waals surface area contributed by atoms with E-state index in [1.54, 1.807) is 0 Å². The summed E-state index contributed by atoms with van der Waals surface area (Å²) in [5.74, 6) is -0.414. The molecule has 0 aliphatic carbocycles. The molecule has 3 rings (SSSR count). The van der Waals surface area contributed by atoms with Crippen LogP contribution in [0.1, 0.15) is 34.6 Å². The van der Waals surface area contributed by atoms with E-state index in [1.807, 2.05) is 61.9 Å². The summed E-state index contributed by atoms with van der Waals surface area (Å²) in [6.45, 7) is 4.07. The lowest BCUT2D eigenvalue weighted by Crippen LogP contribution is -2.43. The average Bonchev–Trinajstić information content (AvgIpc) is 2.76. The summed E-state index contributed by atoms with van der Waals surface area (Å²) in [5.41, 5.74) is 3.70. The first-order valence-corrected chi connectivity index (χ1v) is 7.32. The van der Waals surface area contributed by atoms with Gasteiger partial charge in [-0.1, -0.05) is 30.3 Å². The van der Waals surface area contributed by atoms with Gasteiger partial charge in [-0.05, 0) is 25.5 Å². The second-order valence-electron chi connectivity index (χ2n) is 5.72. The van der Waals surface area contributed by atoms with Gasteiger partial charge < -0.3 is 14.5 Å². The molecule has 1 aromatic heterocycles. The Balaban J connectivity index is 1.99. The molecule has 0 bridgehead atoms. The van der Waals surface area contributed by atoms with Gasteiger partial charge in [0.05, 0.1) is 6.04 Å². The van der Waals surface area contributed by atoms with Gasteiger partial charge in [-0.15, -0.1) is 0 Å². The minimum atomic E-state index is -0.793. The number of carbonyl (C=O) groups excluding carboxylic acids is 1. The number of carbonyl (C=O) groups is 1. The van der Waals surface area contributed by atoms with Crippen molar-refractivity contribution >= 4 is 5.97 Å². The Hall–Kier alpha value is -2.11. The first-order chi connectivity index (χ1) is 10.5. The van der Waals surface area contributed by atoms with E-state index < -0.39 is 12.0 Å². The summed E-state index contributed by atoms with van der Waals surface area (Å²) in [6, 6.07) is 10.4. The van der Waals surface area contributed by atoms with Crippen molar-refractivity contribution in [1.29, 1.82) is 0 Å². The van der Waals surface area contributed by atoms with Crippen LogP contribution in [-0.2, 0) is 16.6 Å². The fraction of sp³-hybridized carbons (Fsp3) is 0.353. The Bertz CT molecular complexity index is 693. The molecule has 5 nitrogen and oxygen atoms in total. The number of esters is 1. The predicted octanol–water partition coefficient (Wildman–Crippen LogP) is 2.67. The third kappa shape index (κ3) is 2.32. The van der Waals surface area contributed by atoms with Crippen molar-refractivity contribution in [2.75, 3.05) is 6.61 Å². The van der Waals surface area contributed by atoms with Gasteiger partial charge in [0, 0.05) is 24.0 Å². The van der Waals surface area contributed by atoms with Crippen LogP contribution in [0, 0.1) is 13.8 Å². The summed E-state index contributed by atoms with van der Waals surface area (Å²) in [4.78, 5) is 12.2. The third-order valence-electron chi connectivity index (χ3n) is 4.48. The average molecular weight is 300 g/mol. The molecule has 1 N–H and O–H groups in total. The van der Waals surface area contributed by atoms with Crippen molar-refractivity contribution < 1.29 is 14.7 Å². The maximum absolute atomic E-state index is 12.2. The lowest BCUT2D eigenvalue weighted by Gasteiger charge is -2.36. The smallest absolute Gasteiger partial charge is 0.330 e. The molecule has 2 aromatic rings. The molecule has 116 valence electrons. The van der Waals surface area contributed by atoms with Crippen LogP contribution in [0.3, 0.4) is 0 Å². The van der Waals surface area contributed by atoms with Crippen LogP contribution in [0.2, 0.25) is 0 Å². The monoisotopic (exact) mass is 300 g/mol. The first kappa shape index (κ1) is 14.8. The van der Waals surface area contributed by atoms with Crippen molar-refractivity contribution in [2.45, 2.75) is 25.9 Å². The number of aryl methyl sites for hydroxylation is 1. The number of hydrogen-bond donors (Lipinski definition) is 1. The summed E-state index contributed by atoms with van der Waals surface area (Å²) >= 11 is 0. The third-order valence-corrected chi connectivity index (χ3v) is 4.48. The van der Waals surface area contributed by atoms with Gasteiger partial charge in [-0.25, -0.2) is 4.79 Å². The summed E-state index contributed by atoms with van der Waals surface area (Å²) in [5, 5.41) is 11.8. The van der Waals surface area contributed by atoms with Crippen molar-refractivity contribution in [3.8, 4) is 0 Å². The number of ether oxygens (including phenoxy) is 1. The normalized spacial score (nSPS) is 22.6. The van der Waals surface area contributed by atoms with Gasteiger partial charge in [0.1, 0.15) is 6.61 Å². The van der Waals surface area contributed by atoms with E-state index in [9.17, 15) is 10.0 Å². The van der Waals surface area contributed by atoms with E-state index >= 15 is 0 Å². The first-order valence-electron chi connectivity index (χ1n) is 7.32. The zero-order chi connectivity index (χ0) is 15.9. The maximum Gasteiger partial charge on any atom is 0.330 e. The molecule has 0 unspecified atom stereocenters. The molecule has 1 aliphatic heterocycles. The minimum absolute atomic E-state index is 0.153. The van der Waals surface area contributed by atoms with Crippen LogP contribution in [0.5, 0.6) is 0 Å². The van der Waals surface area contributed by atoms with Crippen LogP contribution < -0.4 is 0 Å². The molecular formula is C17H20N2O3. The van der Waals surface area contributed by atoms with E-state index in [2.05, 4.69) is 0 Å². The van der Waals surface area contributed by atoms with Crippen LogP contribution in [0.15, 0.2) is 36.4 Å². The molecule has 2 atom stereocenters. The molecule has 2 heterocycles. The second-order valence-corrected chi connectivity index (χ2v) is 5.72. The van der Waals surface area contributed by atoms with Crippen molar-refractivity contribution in [3.05, 3.63) is 58.9 Å². The van der Waals surface area contributed by atoms with Crippen molar-refractivity contribution in [2.24, 2.45) is 7.05 Å². The van der Waals surface area contributed by atoms with Crippen LogP contribution in [0.25, 0.3) is 0 Å². The fourth-order valence-electron chi connectivity index (χ4n) is 2.96. The highest BCUT2D eigenvalue weighted by molar-refractivity contribution is 5.79. The minimum Gasteiger partial charge on any atom is -0.462 e. The number of aromatic nitrogens is 1. The largest absolute Gasteiger partial charge is 0.462 e. The molecule has 1 fully saturated rings. The number of benzene rings is 1. The number of rotatable bonds is 2. The summed E-state index contributed by atoms with van der Waals surface area (Å²) in [6.07, 6.45) is 0. The highest BCUT2D eigenvalue weighted by atomic mass is 16.6. The van der Waals surface area contributed by atoms with Gasteiger partial charge >= 0.3 is 5.97 Å². The SMILES string of the molecule is Cc1cc([C@@H]2C(=O)OC[C@@H](c3ccccc3)N2O)c(C)n1C. The molecule has 0 spiro atoms. The zero-order valence-corrected chi connectivity index (χ0v) is 13.0. The molecule has 0 radical (unpaired) electrons. The van der Waals surface area contributed by atoms with E-state index in [0.717, 1.165) is 27.6 Å². The number of nitrogens with zero attached hydrogens (tertiary/aromatic N) is 2. The highest BCUT2D eigenvalue weighted by Gasteiger charge is 2.40. The highest BCUT2D eigenvalue weighted by Crippen LogP contribution is 2.36. The van der Waals surface area contributed by atoms with Crippen LogP contribution in [0.4, 0.5) is 0 Å². The van der Waals surface area contributed by atoms with Gasteiger partial charge in [0.15, 0.2) is 6.04 Å². The number of hydroxylamine groups is 2. The molecule has 0 amide bonds. The number of morpholine rings is 1. The van der Waals surface area contributed by atoms with Gasteiger partial charge in [0.25, 0.3) is 0 Å². The van der Waals surface area contributed by atoms with Crippen LogP contribution in [-0.4, -0.2) is 27.4 Å². The summed E-state index contributed by atoms with van der Waals surface area (Å²) in [7, 11) is 1.94. The molecule has 1 aliphatic rings. The van der Waals surface area contributed by atoms with E-state index in [0.29, 0.717) is 0 Å². The standard InChI is InChI=1S/C17H20N2O3/c1-11-9-14(12(2)18(11)3)16-17(20)22-10-15(19(16)21)13-7-5-4-6-8-13/h4-9,15-16,21H,10H2,1-3H3/t15-,16+/m0/s1. The molecule has 22 heavy (non-hydrogen) atoms.